The summed E-state index contributed by atoms with van der Waals surface area (Å²) in [5.74, 6) is 0.788. The maximum Gasteiger partial charge on any atom is 0.0959 e. The average Bonchev–Trinajstić information content (AvgIpc) is 2.99. The third-order valence-corrected chi connectivity index (χ3v) is 4.43. The molecular weight excluding hydrogens is 232 g/mol. The van der Waals surface area contributed by atoms with Crippen molar-refractivity contribution in [2.75, 3.05) is 13.1 Å². The van der Waals surface area contributed by atoms with Crippen molar-refractivity contribution in [2.24, 2.45) is 0 Å². The molecule has 1 aromatic heterocycles. The summed E-state index contributed by atoms with van der Waals surface area (Å²) in [5.41, 5.74) is 1.25. The molecule has 0 bridgehead atoms. The molecule has 1 aliphatic carbocycles. The Morgan fingerprint density at radius 1 is 1.35 bits per heavy atom. The predicted molar refractivity (Wildman–Crippen MR) is 69.4 cm³/mol. The molecule has 0 radical (unpaired) electrons. The Kier molecular flexibility index (Phi) is 3.19. The van der Waals surface area contributed by atoms with Gasteiger partial charge in [0, 0.05) is 30.9 Å². The van der Waals surface area contributed by atoms with Gasteiger partial charge in [0.15, 0.2) is 0 Å². The van der Waals surface area contributed by atoms with Crippen LogP contribution in [0, 0.1) is 0 Å². The Bertz CT molecular complexity index is 379. The second-order valence-electron chi connectivity index (χ2n) is 5.40. The summed E-state index contributed by atoms with van der Waals surface area (Å²) >= 11 is 1.84. The van der Waals surface area contributed by atoms with Gasteiger partial charge in [-0.25, -0.2) is 4.98 Å². The fourth-order valence-corrected chi connectivity index (χ4v) is 3.54. The minimum Gasteiger partial charge on any atom is -0.373 e. The summed E-state index contributed by atoms with van der Waals surface area (Å²) in [6.45, 7) is 7.35. The SMILES string of the molecule is CC1CN(Cc2csc(C3CC3)n2)CC(C)O1. The van der Waals surface area contributed by atoms with E-state index in [0.717, 1.165) is 25.6 Å². The summed E-state index contributed by atoms with van der Waals surface area (Å²) in [6, 6.07) is 0. The van der Waals surface area contributed by atoms with Crippen molar-refractivity contribution >= 4 is 11.3 Å². The lowest BCUT2D eigenvalue weighted by atomic mass is 10.2. The first-order chi connectivity index (χ1) is 8.20. The topological polar surface area (TPSA) is 25.4 Å². The molecule has 1 aromatic rings. The maximum atomic E-state index is 5.75. The molecule has 17 heavy (non-hydrogen) atoms. The molecule has 2 atom stereocenters. The van der Waals surface area contributed by atoms with Crippen LogP contribution in [0.4, 0.5) is 0 Å². The normalized spacial score (nSPS) is 30.7. The van der Waals surface area contributed by atoms with Gasteiger partial charge in [0.2, 0.25) is 0 Å². The molecule has 4 heteroatoms. The predicted octanol–water partition coefficient (Wildman–Crippen LogP) is 2.63. The molecule has 94 valence electrons. The van der Waals surface area contributed by atoms with Crippen LogP contribution in [-0.4, -0.2) is 35.2 Å². The van der Waals surface area contributed by atoms with Gasteiger partial charge in [0.05, 0.1) is 22.9 Å². The number of ether oxygens (including phenoxy) is 1. The summed E-state index contributed by atoms with van der Waals surface area (Å²) in [7, 11) is 0. The zero-order valence-electron chi connectivity index (χ0n) is 10.6. The molecule has 0 spiro atoms. The summed E-state index contributed by atoms with van der Waals surface area (Å²) < 4.78 is 5.75. The van der Waals surface area contributed by atoms with Gasteiger partial charge in [0.1, 0.15) is 0 Å². The van der Waals surface area contributed by atoms with Crippen LogP contribution in [0.2, 0.25) is 0 Å². The van der Waals surface area contributed by atoms with Crippen molar-refractivity contribution in [2.45, 2.75) is 51.4 Å². The van der Waals surface area contributed by atoms with Gasteiger partial charge in [-0.1, -0.05) is 0 Å². The minimum atomic E-state index is 0.347. The van der Waals surface area contributed by atoms with Crippen LogP contribution in [0.3, 0.4) is 0 Å². The summed E-state index contributed by atoms with van der Waals surface area (Å²) in [6.07, 6.45) is 3.39. The number of hydrogen-bond acceptors (Lipinski definition) is 4. The fraction of sp³-hybridized carbons (Fsp3) is 0.769. The second-order valence-corrected chi connectivity index (χ2v) is 6.29. The summed E-state index contributed by atoms with van der Waals surface area (Å²) in [4.78, 5) is 7.22. The largest absolute Gasteiger partial charge is 0.373 e. The summed E-state index contributed by atoms with van der Waals surface area (Å²) in [5, 5.41) is 3.59. The van der Waals surface area contributed by atoms with Crippen LogP contribution in [0.1, 0.15) is 43.3 Å². The Morgan fingerprint density at radius 2 is 2.06 bits per heavy atom. The van der Waals surface area contributed by atoms with Crippen molar-refractivity contribution in [3.63, 3.8) is 0 Å². The average molecular weight is 252 g/mol. The van der Waals surface area contributed by atoms with E-state index in [0.29, 0.717) is 12.2 Å². The zero-order chi connectivity index (χ0) is 11.8. The van der Waals surface area contributed by atoms with Gasteiger partial charge >= 0.3 is 0 Å². The van der Waals surface area contributed by atoms with E-state index < -0.39 is 0 Å². The van der Waals surface area contributed by atoms with Gasteiger partial charge < -0.3 is 4.74 Å². The van der Waals surface area contributed by atoms with E-state index in [1.54, 1.807) is 0 Å². The molecule has 3 rings (SSSR count). The molecule has 0 N–H and O–H groups in total. The number of hydrogen-bond donors (Lipinski definition) is 0. The monoisotopic (exact) mass is 252 g/mol. The first-order valence-electron chi connectivity index (χ1n) is 6.53. The zero-order valence-corrected chi connectivity index (χ0v) is 11.4. The van der Waals surface area contributed by atoms with Crippen LogP contribution >= 0.6 is 11.3 Å². The first-order valence-corrected chi connectivity index (χ1v) is 7.41. The van der Waals surface area contributed by atoms with Crippen molar-refractivity contribution in [1.29, 1.82) is 0 Å². The molecule has 1 saturated heterocycles. The Balaban J connectivity index is 1.60. The lowest BCUT2D eigenvalue weighted by molar-refractivity contribution is -0.0707. The molecule has 3 nitrogen and oxygen atoms in total. The van der Waals surface area contributed by atoms with Crippen LogP contribution in [0.15, 0.2) is 5.38 Å². The number of thiazole rings is 1. The quantitative estimate of drug-likeness (QED) is 0.827. The highest BCUT2D eigenvalue weighted by molar-refractivity contribution is 7.09. The molecule has 2 fully saturated rings. The molecule has 1 saturated carbocycles. The molecule has 2 heterocycles. The highest BCUT2D eigenvalue weighted by atomic mass is 32.1. The Hall–Kier alpha value is -0.450. The van der Waals surface area contributed by atoms with Gasteiger partial charge in [-0.2, -0.15) is 0 Å². The third-order valence-electron chi connectivity index (χ3n) is 3.38. The second kappa shape index (κ2) is 4.67. The van der Waals surface area contributed by atoms with Gasteiger partial charge in [-0.3, -0.25) is 4.90 Å². The lowest BCUT2D eigenvalue weighted by Gasteiger charge is -2.34. The van der Waals surface area contributed by atoms with Crippen molar-refractivity contribution in [3.05, 3.63) is 16.1 Å². The number of nitrogens with zero attached hydrogens (tertiary/aromatic N) is 2. The van der Waals surface area contributed by atoms with Crippen LogP contribution in [0.5, 0.6) is 0 Å². The highest BCUT2D eigenvalue weighted by Crippen LogP contribution is 2.41. The first kappa shape index (κ1) is 11.6. The standard InChI is InChI=1S/C13H20N2OS/c1-9-5-15(6-10(2)16-9)7-12-8-17-13(14-12)11-3-4-11/h8-11H,3-7H2,1-2H3. The van der Waals surface area contributed by atoms with E-state index in [1.807, 2.05) is 11.3 Å². The van der Waals surface area contributed by atoms with E-state index in [2.05, 4.69) is 24.1 Å². The fourth-order valence-electron chi connectivity index (χ4n) is 2.56. The van der Waals surface area contributed by atoms with Crippen LogP contribution in [-0.2, 0) is 11.3 Å². The maximum absolute atomic E-state index is 5.75. The molecule has 2 unspecified atom stereocenters. The number of morpholine rings is 1. The third kappa shape index (κ3) is 2.87. The number of rotatable bonds is 3. The lowest BCUT2D eigenvalue weighted by Crippen LogP contribution is -2.44. The van der Waals surface area contributed by atoms with Crippen molar-refractivity contribution in [3.8, 4) is 0 Å². The van der Waals surface area contributed by atoms with Crippen molar-refractivity contribution in [1.82, 2.24) is 9.88 Å². The Labute approximate surface area is 107 Å². The van der Waals surface area contributed by atoms with Crippen LogP contribution < -0.4 is 0 Å². The van der Waals surface area contributed by atoms with E-state index in [4.69, 9.17) is 9.72 Å². The number of aromatic nitrogens is 1. The van der Waals surface area contributed by atoms with E-state index in [-0.39, 0.29) is 0 Å². The minimum absolute atomic E-state index is 0.347. The van der Waals surface area contributed by atoms with Gasteiger partial charge in [-0.05, 0) is 26.7 Å². The smallest absolute Gasteiger partial charge is 0.0959 e. The van der Waals surface area contributed by atoms with Crippen LogP contribution in [0.25, 0.3) is 0 Å². The van der Waals surface area contributed by atoms with Crippen molar-refractivity contribution < 1.29 is 4.74 Å². The Morgan fingerprint density at radius 3 is 2.71 bits per heavy atom. The van der Waals surface area contributed by atoms with Gasteiger partial charge in [0.25, 0.3) is 0 Å². The molecule has 0 aromatic carbocycles. The van der Waals surface area contributed by atoms with E-state index >= 15 is 0 Å². The highest BCUT2D eigenvalue weighted by Gasteiger charge is 2.27. The van der Waals surface area contributed by atoms with E-state index in [1.165, 1.54) is 23.5 Å². The molecular formula is C13H20N2OS. The molecule has 0 amide bonds. The molecule has 1 aliphatic heterocycles. The van der Waals surface area contributed by atoms with E-state index in [9.17, 15) is 0 Å². The van der Waals surface area contributed by atoms with Gasteiger partial charge in [-0.15, -0.1) is 11.3 Å². The molecule has 2 aliphatic rings.